The average Bonchev–Trinajstić information content (AvgIpc) is 2.40. The summed E-state index contributed by atoms with van der Waals surface area (Å²) in [5.74, 6) is 0. The lowest BCUT2D eigenvalue weighted by atomic mass is 9.93. The predicted molar refractivity (Wildman–Crippen MR) is 69.4 cm³/mol. The van der Waals surface area contributed by atoms with Crippen molar-refractivity contribution in [2.45, 2.75) is 12.1 Å². The highest BCUT2D eigenvalue weighted by atomic mass is 16.6. The van der Waals surface area contributed by atoms with Crippen LogP contribution in [0.5, 0.6) is 0 Å². The van der Waals surface area contributed by atoms with Crippen molar-refractivity contribution in [3.05, 3.63) is 81.9 Å². The van der Waals surface area contributed by atoms with Crippen LogP contribution in [0.25, 0.3) is 0 Å². The molecule has 2 aromatic carbocycles. The van der Waals surface area contributed by atoms with Crippen molar-refractivity contribution in [1.29, 1.82) is 0 Å². The van der Waals surface area contributed by atoms with Crippen LogP contribution in [-0.2, 0) is 12.1 Å². The Morgan fingerprint density at radius 2 is 1.50 bits per heavy atom. The number of nitrogens with zero attached hydrogens (tertiary/aromatic N) is 1. The van der Waals surface area contributed by atoms with Crippen LogP contribution in [0, 0.1) is 10.1 Å². The van der Waals surface area contributed by atoms with Crippen LogP contribution < -0.4 is 5.73 Å². The van der Waals surface area contributed by atoms with E-state index >= 15 is 0 Å². The van der Waals surface area contributed by atoms with Crippen molar-refractivity contribution in [3.8, 4) is 0 Å². The number of hydrogen-bond acceptors (Lipinski definition) is 3. The summed E-state index contributed by atoms with van der Waals surface area (Å²) in [5.41, 5.74) is 5.77. The Morgan fingerprint density at radius 1 is 1.00 bits per heavy atom. The van der Waals surface area contributed by atoms with Gasteiger partial charge in [0.15, 0.2) is 0 Å². The minimum atomic E-state index is -1.58. The van der Waals surface area contributed by atoms with Gasteiger partial charge in [0, 0.05) is 10.5 Å². The molecule has 2 aromatic rings. The molecule has 2 N–H and O–H groups in total. The molecule has 0 heterocycles. The lowest BCUT2D eigenvalue weighted by molar-refractivity contribution is -0.578. The van der Waals surface area contributed by atoms with E-state index in [4.69, 9.17) is 5.73 Å². The van der Waals surface area contributed by atoms with Crippen LogP contribution in [0.15, 0.2) is 60.7 Å². The standard InChI is InChI=1S/C14H14N2O2/c15-14(16(17)18,13-9-5-2-6-10-13)11-12-7-3-1-4-8-12/h1-10H,11,15H2. The molecule has 0 aromatic heterocycles. The Bertz CT molecular complexity index is 528. The maximum atomic E-state index is 11.3. The number of benzene rings is 2. The molecule has 0 fully saturated rings. The third kappa shape index (κ3) is 2.38. The van der Waals surface area contributed by atoms with E-state index in [-0.39, 0.29) is 6.42 Å². The quantitative estimate of drug-likeness (QED) is 0.508. The van der Waals surface area contributed by atoms with Crippen LogP contribution in [-0.4, -0.2) is 4.92 Å². The Balaban J connectivity index is 2.37. The molecule has 2 rings (SSSR count). The smallest absolute Gasteiger partial charge is 0.262 e. The fourth-order valence-electron chi connectivity index (χ4n) is 1.91. The molecular weight excluding hydrogens is 228 g/mol. The number of nitro groups is 1. The zero-order chi connectivity index (χ0) is 13.0. The molecule has 0 amide bonds. The van der Waals surface area contributed by atoms with E-state index in [1.165, 1.54) is 0 Å². The van der Waals surface area contributed by atoms with Gasteiger partial charge in [-0.1, -0.05) is 60.7 Å². The molecule has 0 radical (unpaired) electrons. The van der Waals surface area contributed by atoms with E-state index in [0.717, 1.165) is 5.56 Å². The summed E-state index contributed by atoms with van der Waals surface area (Å²) in [6, 6.07) is 17.9. The maximum absolute atomic E-state index is 11.3. The monoisotopic (exact) mass is 242 g/mol. The molecule has 1 unspecified atom stereocenters. The summed E-state index contributed by atoms with van der Waals surface area (Å²) < 4.78 is 0. The summed E-state index contributed by atoms with van der Waals surface area (Å²) in [6.07, 6.45) is 0.171. The number of nitrogens with two attached hydrogens (primary N) is 1. The first-order valence-electron chi connectivity index (χ1n) is 5.66. The SMILES string of the molecule is NC(Cc1ccccc1)(c1ccccc1)[N+](=O)[O-]. The molecular formula is C14H14N2O2. The van der Waals surface area contributed by atoms with Gasteiger partial charge < -0.3 is 0 Å². The first-order chi connectivity index (χ1) is 8.63. The summed E-state index contributed by atoms with van der Waals surface area (Å²) in [7, 11) is 0. The minimum Gasteiger partial charge on any atom is -0.262 e. The molecule has 0 spiro atoms. The normalized spacial score (nSPS) is 13.8. The van der Waals surface area contributed by atoms with Crippen molar-refractivity contribution in [3.63, 3.8) is 0 Å². The largest absolute Gasteiger partial charge is 0.302 e. The summed E-state index contributed by atoms with van der Waals surface area (Å²) >= 11 is 0. The molecule has 0 saturated carbocycles. The minimum absolute atomic E-state index is 0.171. The second-order valence-corrected chi connectivity index (χ2v) is 4.21. The zero-order valence-corrected chi connectivity index (χ0v) is 9.82. The predicted octanol–water partition coefficient (Wildman–Crippen LogP) is 2.32. The van der Waals surface area contributed by atoms with E-state index in [2.05, 4.69) is 0 Å². The first kappa shape index (κ1) is 12.3. The van der Waals surface area contributed by atoms with E-state index in [1.807, 2.05) is 36.4 Å². The van der Waals surface area contributed by atoms with E-state index in [1.54, 1.807) is 24.3 Å². The third-order valence-corrected chi connectivity index (χ3v) is 2.92. The van der Waals surface area contributed by atoms with Gasteiger partial charge in [0.2, 0.25) is 0 Å². The summed E-state index contributed by atoms with van der Waals surface area (Å²) in [4.78, 5) is 10.9. The Hall–Kier alpha value is -2.20. The topological polar surface area (TPSA) is 69.2 Å². The van der Waals surface area contributed by atoms with Crippen LogP contribution in [0.1, 0.15) is 11.1 Å². The van der Waals surface area contributed by atoms with Crippen molar-refractivity contribution in [2.75, 3.05) is 0 Å². The molecule has 1 atom stereocenters. The van der Waals surface area contributed by atoms with Gasteiger partial charge in [-0.3, -0.25) is 15.8 Å². The van der Waals surface area contributed by atoms with Crippen LogP contribution in [0.3, 0.4) is 0 Å². The maximum Gasteiger partial charge on any atom is 0.302 e. The average molecular weight is 242 g/mol. The van der Waals surface area contributed by atoms with Crippen molar-refractivity contribution in [1.82, 2.24) is 0 Å². The molecule has 92 valence electrons. The van der Waals surface area contributed by atoms with Gasteiger partial charge in [0.1, 0.15) is 0 Å². The second kappa shape index (κ2) is 4.98. The van der Waals surface area contributed by atoms with Gasteiger partial charge in [-0.05, 0) is 5.56 Å². The molecule has 0 saturated heterocycles. The molecule has 4 nitrogen and oxygen atoms in total. The molecule has 0 aliphatic rings. The molecule has 4 heteroatoms. The fourth-order valence-corrected chi connectivity index (χ4v) is 1.91. The Labute approximate surface area is 105 Å². The molecule has 0 bridgehead atoms. The third-order valence-electron chi connectivity index (χ3n) is 2.92. The molecule has 18 heavy (non-hydrogen) atoms. The lowest BCUT2D eigenvalue weighted by Crippen LogP contribution is -2.46. The summed E-state index contributed by atoms with van der Waals surface area (Å²) in [5, 5.41) is 11.3. The van der Waals surface area contributed by atoms with Crippen molar-refractivity contribution >= 4 is 0 Å². The highest BCUT2D eigenvalue weighted by Gasteiger charge is 2.40. The highest BCUT2D eigenvalue weighted by molar-refractivity contribution is 5.25. The first-order valence-corrected chi connectivity index (χ1v) is 5.66. The Morgan fingerprint density at radius 3 is 2.00 bits per heavy atom. The van der Waals surface area contributed by atoms with Crippen LogP contribution in [0.2, 0.25) is 0 Å². The van der Waals surface area contributed by atoms with Gasteiger partial charge in [-0.2, -0.15) is 0 Å². The van der Waals surface area contributed by atoms with Gasteiger partial charge >= 0.3 is 5.66 Å². The van der Waals surface area contributed by atoms with E-state index < -0.39 is 10.6 Å². The molecule has 0 aliphatic carbocycles. The van der Waals surface area contributed by atoms with Gasteiger partial charge in [-0.25, -0.2) is 0 Å². The van der Waals surface area contributed by atoms with E-state index in [9.17, 15) is 10.1 Å². The van der Waals surface area contributed by atoms with Gasteiger partial charge in [0.25, 0.3) is 0 Å². The van der Waals surface area contributed by atoms with Crippen molar-refractivity contribution in [2.24, 2.45) is 5.73 Å². The van der Waals surface area contributed by atoms with Crippen LogP contribution >= 0.6 is 0 Å². The van der Waals surface area contributed by atoms with E-state index in [0.29, 0.717) is 5.56 Å². The lowest BCUT2D eigenvalue weighted by Gasteiger charge is -2.21. The highest BCUT2D eigenvalue weighted by Crippen LogP contribution is 2.23. The molecule has 0 aliphatic heterocycles. The second-order valence-electron chi connectivity index (χ2n) is 4.21. The number of rotatable bonds is 4. The van der Waals surface area contributed by atoms with Crippen LogP contribution in [0.4, 0.5) is 0 Å². The van der Waals surface area contributed by atoms with Gasteiger partial charge in [-0.15, -0.1) is 0 Å². The summed E-state index contributed by atoms with van der Waals surface area (Å²) in [6.45, 7) is 0. The van der Waals surface area contributed by atoms with Crippen molar-refractivity contribution < 1.29 is 4.92 Å². The fraction of sp³-hybridized carbons (Fsp3) is 0.143. The van der Waals surface area contributed by atoms with Gasteiger partial charge in [0.05, 0.1) is 6.42 Å². The Kier molecular flexibility index (Phi) is 3.39. The zero-order valence-electron chi connectivity index (χ0n) is 9.82. The number of hydrogen-bond donors (Lipinski definition) is 1.